The van der Waals surface area contributed by atoms with Crippen LogP contribution in [0.15, 0.2) is 12.5 Å². The maximum Gasteiger partial charge on any atom is 0.148 e. The lowest BCUT2D eigenvalue weighted by atomic mass is 10.3. The van der Waals surface area contributed by atoms with E-state index in [-0.39, 0.29) is 0 Å². The molecule has 1 N–H and O–H groups in total. The second kappa shape index (κ2) is 3.95. The first kappa shape index (κ1) is 8.03. The minimum atomic E-state index is 0.353. The van der Waals surface area contributed by atoms with Crippen molar-refractivity contribution in [3.8, 4) is 18.4 Å². The molecular formula is C8H6N4. The molecule has 0 aromatic carbocycles. The lowest BCUT2D eigenvalue weighted by Crippen LogP contribution is -2.03. The summed E-state index contributed by atoms with van der Waals surface area (Å²) in [6.45, 7) is 0.353. The van der Waals surface area contributed by atoms with Crippen molar-refractivity contribution in [3.63, 3.8) is 0 Å². The lowest BCUT2D eigenvalue weighted by Gasteiger charge is -2.00. The Kier molecular flexibility index (Phi) is 2.64. The van der Waals surface area contributed by atoms with Gasteiger partial charge in [-0.3, -0.25) is 0 Å². The van der Waals surface area contributed by atoms with Gasteiger partial charge in [-0.15, -0.1) is 6.42 Å². The Bertz CT molecular complexity index is 345. The van der Waals surface area contributed by atoms with Gasteiger partial charge in [0.1, 0.15) is 23.8 Å². The lowest BCUT2D eigenvalue weighted by molar-refractivity contribution is 1.13. The summed E-state index contributed by atoms with van der Waals surface area (Å²) in [4.78, 5) is 7.55. The van der Waals surface area contributed by atoms with Crippen LogP contribution in [0.3, 0.4) is 0 Å². The van der Waals surface area contributed by atoms with E-state index in [1.54, 1.807) is 0 Å². The summed E-state index contributed by atoms with van der Waals surface area (Å²) in [5, 5.41) is 11.4. The molecule has 0 amide bonds. The first-order valence-electron chi connectivity index (χ1n) is 3.26. The largest absolute Gasteiger partial charge is 0.358 e. The third-order valence-corrected chi connectivity index (χ3v) is 1.19. The molecule has 1 aromatic rings. The van der Waals surface area contributed by atoms with Crippen molar-refractivity contribution in [3.05, 3.63) is 18.1 Å². The van der Waals surface area contributed by atoms with Crippen molar-refractivity contribution in [2.45, 2.75) is 0 Å². The van der Waals surface area contributed by atoms with Gasteiger partial charge in [0.2, 0.25) is 0 Å². The van der Waals surface area contributed by atoms with Crippen LogP contribution in [0.4, 0.5) is 5.82 Å². The van der Waals surface area contributed by atoms with Crippen LogP contribution >= 0.6 is 0 Å². The molecule has 1 aromatic heterocycles. The minimum Gasteiger partial charge on any atom is -0.358 e. The molecule has 0 aliphatic heterocycles. The molecule has 0 fully saturated rings. The van der Waals surface area contributed by atoms with Crippen molar-refractivity contribution >= 4 is 5.82 Å². The van der Waals surface area contributed by atoms with Gasteiger partial charge in [-0.1, -0.05) is 5.92 Å². The van der Waals surface area contributed by atoms with Gasteiger partial charge in [-0.05, 0) is 0 Å². The molecule has 0 bridgehead atoms. The minimum absolute atomic E-state index is 0.353. The van der Waals surface area contributed by atoms with E-state index in [1.807, 2.05) is 6.07 Å². The molecule has 12 heavy (non-hydrogen) atoms. The van der Waals surface area contributed by atoms with E-state index in [4.69, 9.17) is 11.7 Å². The van der Waals surface area contributed by atoms with Gasteiger partial charge in [-0.25, -0.2) is 9.97 Å². The number of anilines is 1. The number of nitrogens with one attached hydrogen (secondary N) is 1. The van der Waals surface area contributed by atoms with E-state index >= 15 is 0 Å². The molecule has 0 atom stereocenters. The number of nitrogens with zero attached hydrogens (tertiary/aromatic N) is 3. The van der Waals surface area contributed by atoms with Gasteiger partial charge in [0, 0.05) is 0 Å². The molecular weight excluding hydrogens is 152 g/mol. The van der Waals surface area contributed by atoms with Crippen LogP contribution in [0.2, 0.25) is 0 Å². The number of nitriles is 1. The molecule has 0 aliphatic rings. The molecule has 1 heterocycles. The molecule has 1 rings (SSSR count). The molecule has 0 saturated heterocycles. The number of aromatic nitrogens is 2. The van der Waals surface area contributed by atoms with E-state index in [0.29, 0.717) is 17.9 Å². The van der Waals surface area contributed by atoms with Crippen LogP contribution in [0.1, 0.15) is 5.56 Å². The highest BCUT2D eigenvalue weighted by molar-refractivity contribution is 5.50. The van der Waals surface area contributed by atoms with Gasteiger partial charge < -0.3 is 5.32 Å². The van der Waals surface area contributed by atoms with E-state index < -0.39 is 0 Å². The van der Waals surface area contributed by atoms with Crippen LogP contribution in [-0.2, 0) is 0 Å². The summed E-state index contributed by atoms with van der Waals surface area (Å²) in [6, 6.07) is 1.95. The molecule has 0 aliphatic carbocycles. The second-order valence-electron chi connectivity index (χ2n) is 1.95. The number of terminal acetylenes is 1. The molecule has 58 valence electrons. The smallest absolute Gasteiger partial charge is 0.148 e. The Morgan fingerprint density at radius 2 is 2.50 bits per heavy atom. The Morgan fingerprint density at radius 1 is 1.67 bits per heavy atom. The van der Waals surface area contributed by atoms with Crippen LogP contribution in [0.5, 0.6) is 0 Å². The highest BCUT2D eigenvalue weighted by atomic mass is 15.0. The maximum absolute atomic E-state index is 8.60. The molecule has 0 unspecified atom stereocenters. The third-order valence-electron chi connectivity index (χ3n) is 1.19. The van der Waals surface area contributed by atoms with Crippen LogP contribution < -0.4 is 5.32 Å². The quantitative estimate of drug-likeness (QED) is 0.632. The second-order valence-corrected chi connectivity index (χ2v) is 1.95. The van der Waals surface area contributed by atoms with Crippen LogP contribution in [0.25, 0.3) is 0 Å². The summed E-state index contributed by atoms with van der Waals surface area (Å²) in [6.07, 6.45) is 7.83. The fraction of sp³-hybridized carbons (Fsp3) is 0.125. The number of rotatable bonds is 2. The average Bonchev–Trinajstić information content (AvgIpc) is 2.15. The van der Waals surface area contributed by atoms with Crippen LogP contribution in [-0.4, -0.2) is 16.5 Å². The normalized spacial score (nSPS) is 8.17. The predicted octanol–water partition coefficient (Wildman–Crippen LogP) is 0.393. The van der Waals surface area contributed by atoms with Crippen molar-refractivity contribution in [1.29, 1.82) is 5.26 Å². The van der Waals surface area contributed by atoms with Gasteiger partial charge >= 0.3 is 0 Å². The Balaban J connectivity index is 2.86. The van der Waals surface area contributed by atoms with E-state index in [9.17, 15) is 0 Å². The number of hydrogen-bond acceptors (Lipinski definition) is 4. The molecule has 4 nitrogen and oxygen atoms in total. The van der Waals surface area contributed by atoms with E-state index in [2.05, 4.69) is 21.2 Å². The third kappa shape index (κ3) is 1.71. The summed E-state index contributed by atoms with van der Waals surface area (Å²) >= 11 is 0. The SMILES string of the molecule is C#CCNc1ncncc1C#N. The van der Waals surface area contributed by atoms with E-state index in [0.717, 1.165) is 0 Å². The van der Waals surface area contributed by atoms with Gasteiger partial charge in [0.15, 0.2) is 0 Å². The Hall–Kier alpha value is -2.07. The van der Waals surface area contributed by atoms with Crippen molar-refractivity contribution in [2.24, 2.45) is 0 Å². The summed E-state index contributed by atoms with van der Waals surface area (Å²) in [7, 11) is 0. The number of hydrogen-bond donors (Lipinski definition) is 1. The van der Waals surface area contributed by atoms with Gasteiger partial charge in [-0.2, -0.15) is 5.26 Å². The standard InChI is InChI=1S/C8H6N4/c1-2-3-11-8-7(4-9)5-10-6-12-8/h1,5-6H,3H2,(H,10,11,12). The van der Waals surface area contributed by atoms with E-state index in [1.165, 1.54) is 12.5 Å². The first-order chi connectivity index (χ1) is 5.88. The van der Waals surface area contributed by atoms with Crippen LogP contribution in [0, 0.1) is 23.7 Å². The van der Waals surface area contributed by atoms with Gasteiger partial charge in [0.05, 0.1) is 12.7 Å². The highest BCUT2D eigenvalue weighted by Crippen LogP contribution is 2.06. The maximum atomic E-state index is 8.60. The molecule has 0 spiro atoms. The summed E-state index contributed by atoms with van der Waals surface area (Å²) in [5.74, 6) is 2.86. The monoisotopic (exact) mass is 158 g/mol. The fourth-order valence-electron chi connectivity index (χ4n) is 0.687. The average molecular weight is 158 g/mol. The van der Waals surface area contributed by atoms with Crippen molar-refractivity contribution in [2.75, 3.05) is 11.9 Å². The predicted molar refractivity (Wildman–Crippen MR) is 44.1 cm³/mol. The molecule has 0 radical (unpaired) electrons. The van der Waals surface area contributed by atoms with Crippen molar-refractivity contribution < 1.29 is 0 Å². The Labute approximate surface area is 70.3 Å². The first-order valence-corrected chi connectivity index (χ1v) is 3.26. The fourth-order valence-corrected chi connectivity index (χ4v) is 0.687. The molecule has 0 saturated carbocycles. The molecule has 4 heteroatoms. The Morgan fingerprint density at radius 3 is 3.17 bits per heavy atom. The summed E-state index contributed by atoms with van der Waals surface area (Å²) in [5.41, 5.74) is 0.396. The topological polar surface area (TPSA) is 61.6 Å². The zero-order valence-corrected chi connectivity index (χ0v) is 6.28. The van der Waals surface area contributed by atoms with Gasteiger partial charge in [0.25, 0.3) is 0 Å². The zero-order chi connectivity index (χ0) is 8.81. The van der Waals surface area contributed by atoms with Crippen molar-refractivity contribution in [1.82, 2.24) is 9.97 Å². The summed E-state index contributed by atoms with van der Waals surface area (Å²) < 4.78 is 0. The zero-order valence-electron chi connectivity index (χ0n) is 6.28. The highest BCUT2D eigenvalue weighted by Gasteiger charge is 1.99.